The number of carboxylic acids is 2. The van der Waals surface area contributed by atoms with Crippen molar-refractivity contribution in [3.05, 3.63) is 29.8 Å². The van der Waals surface area contributed by atoms with Gasteiger partial charge in [0.05, 0.1) is 17.4 Å². The van der Waals surface area contributed by atoms with Crippen LogP contribution < -0.4 is 10.6 Å². The fraction of sp³-hybridized carbons (Fsp3) is 0.333. The Morgan fingerprint density at radius 3 is 2.42 bits per heavy atom. The second-order valence-electron chi connectivity index (χ2n) is 5.28. The number of carboxylic acid groups (broad SMARTS) is 2. The lowest BCUT2D eigenvalue weighted by Crippen LogP contribution is -2.35. The number of rotatable bonds is 7. The zero-order valence-corrected chi connectivity index (χ0v) is 13.4. The number of thioether (sulfide) groups is 1. The second kappa shape index (κ2) is 7.45. The third kappa shape index (κ3) is 4.12. The molecule has 128 valence electrons. The number of benzene rings is 1. The molecule has 1 aliphatic rings. The van der Waals surface area contributed by atoms with Crippen molar-refractivity contribution in [2.75, 3.05) is 10.7 Å². The van der Waals surface area contributed by atoms with Crippen molar-refractivity contribution in [1.82, 2.24) is 0 Å². The fourth-order valence-corrected chi connectivity index (χ4v) is 3.32. The number of hydrogen-bond donors (Lipinski definition) is 3. The van der Waals surface area contributed by atoms with Crippen molar-refractivity contribution < 1.29 is 29.4 Å². The number of hydrogen-bond acceptors (Lipinski definition) is 6. The Morgan fingerprint density at radius 1 is 1.25 bits per heavy atom. The van der Waals surface area contributed by atoms with Gasteiger partial charge in [0, 0.05) is 12.2 Å². The largest absolute Gasteiger partial charge is 0.481 e. The van der Waals surface area contributed by atoms with E-state index in [1.54, 1.807) is 12.1 Å². The SMILES string of the molecule is NC(CSC1CC(=O)N(c2ccc(CC(=O)O)cc2)C1=O)C(=O)O. The van der Waals surface area contributed by atoms with Crippen LogP contribution in [0.15, 0.2) is 24.3 Å². The highest BCUT2D eigenvalue weighted by Gasteiger charge is 2.40. The second-order valence-corrected chi connectivity index (χ2v) is 6.51. The molecule has 1 saturated heterocycles. The summed E-state index contributed by atoms with van der Waals surface area (Å²) in [4.78, 5) is 46.8. The molecule has 1 fully saturated rings. The summed E-state index contributed by atoms with van der Waals surface area (Å²) < 4.78 is 0. The van der Waals surface area contributed by atoms with Crippen LogP contribution >= 0.6 is 11.8 Å². The zero-order chi connectivity index (χ0) is 17.9. The van der Waals surface area contributed by atoms with Gasteiger partial charge in [-0.3, -0.25) is 19.2 Å². The van der Waals surface area contributed by atoms with Gasteiger partial charge < -0.3 is 15.9 Å². The topological polar surface area (TPSA) is 138 Å². The summed E-state index contributed by atoms with van der Waals surface area (Å²) in [7, 11) is 0. The highest BCUT2D eigenvalue weighted by Crippen LogP contribution is 2.30. The lowest BCUT2D eigenvalue weighted by molar-refractivity contribution is -0.138. The third-order valence-corrected chi connectivity index (χ3v) is 4.77. The Bertz CT molecular complexity index is 675. The van der Waals surface area contributed by atoms with E-state index in [0.29, 0.717) is 11.3 Å². The van der Waals surface area contributed by atoms with Crippen molar-refractivity contribution in [2.24, 2.45) is 5.73 Å². The van der Waals surface area contributed by atoms with Crippen molar-refractivity contribution in [3.8, 4) is 0 Å². The monoisotopic (exact) mass is 352 g/mol. The van der Waals surface area contributed by atoms with Crippen LogP contribution in [0.3, 0.4) is 0 Å². The average Bonchev–Trinajstić information content (AvgIpc) is 2.79. The van der Waals surface area contributed by atoms with Crippen LogP contribution in [0.5, 0.6) is 0 Å². The molecule has 1 aromatic rings. The van der Waals surface area contributed by atoms with Crippen molar-refractivity contribution >= 4 is 41.2 Å². The van der Waals surface area contributed by atoms with Gasteiger partial charge in [-0.05, 0) is 17.7 Å². The van der Waals surface area contributed by atoms with Crippen LogP contribution in [0, 0.1) is 0 Å². The van der Waals surface area contributed by atoms with Crippen LogP contribution in [0.4, 0.5) is 5.69 Å². The van der Waals surface area contributed by atoms with Crippen LogP contribution in [-0.4, -0.2) is 51.0 Å². The number of carbonyl (C=O) groups excluding carboxylic acids is 2. The molecule has 0 aromatic heterocycles. The molecule has 2 unspecified atom stereocenters. The normalized spacial score (nSPS) is 18.7. The van der Waals surface area contributed by atoms with Crippen molar-refractivity contribution in [2.45, 2.75) is 24.1 Å². The van der Waals surface area contributed by atoms with E-state index >= 15 is 0 Å². The molecule has 2 atom stereocenters. The molecular formula is C15H16N2O6S. The van der Waals surface area contributed by atoms with Gasteiger partial charge in [0.1, 0.15) is 6.04 Å². The maximum absolute atomic E-state index is 12.4. The molecule has 0 saturated carbocycles. The number of nitrogens with zero attached hydrogens (tertiary/aromatic N) is 1. The van der Waals surface area contributed by atoms with Gasteiger partial charge in [0.25, 0.3) is 0 Å². The van der Waals surface area contributed by atoms with E-state index in [1.165, 1.54) is 12.1 Å². The van der Waals surface area contributed by atoms with Crippen LogP contribution in [0.2, 0.25) is 0 Å². The Labute approximate surface area is 141 Å². The summed E-state index contributed by atoms with van der Waals surface area (Å²) in [6, 6.07) is 5.03. The summed E-state index contributed by atoms with van der Waals surface area (Å²) in [6.45, 7) is 0. The van der Waals surface area contributed by atoms with Gasteiger partial charge in [-0.15, -0.1) is 11.8 Å². The molecule has 0 bridgehead atoms. The minimum absolute atomic E-state index is 0.0211. The smallest absolute Gasteiger partial charge is 0.321 e. The summed E-state index contributed by atoms with van der Waals surface area (Å²) in [5.74, 6) is -2.90. The van der Waals surface area contributed by atoms with E-state index in [0.717, 1.165) is 16.7 Å². The maximum Gasteiger partial charge on any atom is 0.321 e. The van der Waals surface area contributed by atoms with Crippen LogP contribution in [0.25, 0.3) is 0 Å². The molecule has 4 N–H and O–H groups in total. The highest BCUT2D eigenvalue weighted by atomic mass is 32.2. The maximum atomic E-state index is 12.4. The first-order chi connectivity index (χ1) is 11.3. The molecule has 0 aliphatic carbocycles. The number of nitrogens with two attached hydrogens (primary N) is 1. The molecule has 1 aliphatic heterocycles. The zero-order valence-electron chi connectivity index (χ0n) is 12.5. The molecule has 2 amide bonds. The Morgan fingerprint density at radius 2 is 1.88 bits per heavy atom. The van der Waals surface area contributed by atoms with Crippen LogP contribution in [-0.2, 0) is 25.6 Å². The van der Waals surface area contributed by atoms with Gasteiger partial charge >= 0.3 is 11.9 Å². The summed E-state index contributed by atoms with van der Waals surface area (Å²) in [5.41, 5.74) is 6.32. The minimum Gasteiger partial charge on any atom is -0.481 e. The number of anilines is 1. The van der Waals surface area contributed by atoms with Gasteiger partial charge in [-0.25, -0.2) is 4.90 Å². The molecule has 0 radical (unpaired) electrons. The first-order valence-electron chi connectivity index (χ1n) is 7.07. The molecule has 1 aromatic carbocycles. The molecule has 2 rings (SSSR count). The number of amides is 2. The predicted molar refractivity (Wildman–Crippen MR) is 86.7 cm³/mol. The number of aliphatic carboxylic acids is 2. The molecule has 9 heteroatoms. The molecule has 0 spiro atoms. The van der Waals surface area contributed by atoms with E-state index in [-0.39, 0.29) is 24.5 Å². The van der Waals surface area contributed by atoms with Crippen molar-refractivity contribution in [1.29, 1.82) is 0 Å². The van der Waals surface area contributed by atoms with Crippen molar-refractivity contribution in [3.63, 3.8) is 0 Å². The number of carbonyl (C=O) groups is 4. The average molecular weight is 352 g/mol. The van der Waals surface area contributed by atoms with E-state index < -0.39 is 29.1 Å². The summed E-state index contributed by atoms with van der Waals surface area (Å²) in [6.07, 6.45) is -0.166. The Kier molecular flexibility index (Phi) is 5.58. The van der Waals surface area contributed by atoms with E-state index in [9.17, 15) is 19.2 Å². The molecule has 1 heterocycles. The summed E-state index contributed by atoms with van der Waals surface area (Å²) >= 11 is 1.05. The molecular weight excluding hydrogens is 336 g/mol. The van der Waals surface area contributed by atoms with Gasteiger partial charge in [0.2, 0.25) is 11.8 Å². The fourth-order valence-electron chi connectivity index (χ4n) is 2.23. The van der Waals surface area contributed by atoms with E-state index in [1.807, 2.05) is 0 Å². The lowest BCUT2D eigenvalue weighted by atomic mass is 10.1. The Balaban J connectivity index is 2.05. The minimum atomic E-state index is -1.16. The third-order valence-electron chi connectivity index (χ3n) is 3.45. The van der Waals surface area contributed by atoms with E-state index in [4.69, 9.17) is 15.9 Å². The first-order valence-corrected chi connectivity index (χ1v) is 8.12. The molecule has 8 nitrogen and oxygen atoms in total. The first kappa shape index (κ1) is 18.0. The quantitative estimate of drug-likeness (QED) is 0.587. The predicted octanol–water partition coefficient (Wildman–Crippen LogP) is 0.0907. The standard InChI is InChI=1S/C15H16N2O6S/c16-10(15(22)23)7-24-11-6-12(18)17(14(11)21)9-3-1-8(2-4-9)5-13(19)20/h1-4,10-11H,5-7,16H2,(H,19,20)(H,22,23). The summed E-state index contributed by atoms with van der Waals surface area (Å²) in [5, 5.41) is 16.8. The van der Waals surface area contributed by atoms with Gasteiger partial charge in [0.15, 0.2) is 0 Å². The Hall–Kier alpha value is -2.39. The van der Waals surface area contributed by atoms with E-state index in [2.05, 4.69) is 0 Å². The highest BCUT2D eigenvalue weighted by molar-refractivity contribution is 8.00. The van der Waals surface area contributed by atoms with Gasteiger partial charge in [-0.2, -0.15) is 0 Å². The van der Waals surface area contributed by atoms with Gasteiger partial charge in [-0.1, -0.05) is 12.1 Å². The lowest BCUT2D eigenvalue weighted by Gasteiger charge is -2.15. The molecule has 24 heavy (non-hydrogen) atoms. The van der Waals surface area contributed by atoms with Crippen LogP contribution in [0.1, 0.15) is 12.0 Å². The number of imide groups is 1.